The lowest BCUT2D eigenvalue weighted by molar-refractivity contribution is -0.121. The number of carbonyl (C=O) groups is 1. The number of amides is 1. The number of nitrogens with one attached hydrogen (secondary N) is 1. The largest absolute Gasteiger partial charge is 0.495 e. The second kappa shape index (κ2) is 6.94. The van der Waals surface area contributed by atoms with Gasteiger partial charge >= 0.3 is 0 Å². The van der Waals surface area contributed by atoms with Gasteiger partial charge in [0.1, 0.15) is 5.75 Å². The Bertz CT molecular complexity index is 494. The second-order valence-electron chi connectivity index (χ2n) is 6.09. The Kier molecular flexibility index (Phi) is 5.23. The highest BCUT2D eigenvalue weighted by Gasteiger charge is 2.25. The average Bonchev–Trinajstić information content (AvgIpc) is 2.47. The molecule has 1 N–H and O–H groups in total. The molecule has 1 heterocycles. The van der Waals surface area contributed by atoms with Crippen LogP contribution in [0.15, 0.2) is 18.2 Å². The van der Waals surface area contributed by atoms with E-state index in [-0.39, 0.29) is 11.9 Å². The van der Waals surface area contributed by atoms with Gasteiger partial charge in [0.05, 0.1) is 18.8 Å². The summed E-state index contributed by atoms with van der Waals surface area (Å²) in [5.41, 5.74) is 1.85. The van der Waals surface area contributed by atoms with Crippen LogP contribution in [0.5, 0.6) is 5.75 Å². The highest BCUT2D eigenvalue weighted by molar-refractivity contribution is 5.95. The zero-order chi connectivity index (χ0) is 15.4. The molecule has 1 unspecified atom stereocenters. The smallest absolute Gasteiger partial charge is 0.241 e. The normalized spacial score (nSPS) is 18.3. The molecule has 1 saturated heterocycles. The predicted octanol–water partition coefficient (Wildman–Crippen LogP) is 3.06. The molecule has 0 aliphatic carbocycles. The van der Waals surface area contributed by atoms with Gasteiger partial charge in [0.15, 0.2) is 0 Å². The van der Waals surface area contributed by atoms with Crippen molar-refractivity contribution in [3.63, 3.8) is 0 Å². The molecule has 0 aromatic heterocycles. The van der Waals surface area contributed by atoms with Crippen LogP contribution in [0.3, 0.4) is 0 Å². The molecule has 2 rings (SSSR count). The zero-order valence-corrected chi connectivity index (χ0v) is 13.5. The van der Waals surface area contributed by atoms with Gasteiger partial charge in [0.25, 0.3) is 0 Å². The molecular weight excluding hydrogens is 264 g/mol. The Hall–Kier alpha value is -1.55. The van der Waals surface area contributed by atoms with Gasteiger partial charge in [-0.3, -0.25) is 9.69 Å². The lowest BCUT2D eigenvalue weighted by Gasteiger charge is -2.34. The number of benzene rings is 1. The summed E-state index contributed by atoms with van der Waals surface area (Å²) in [6.07, 6.45) is 2.34. The van der Waals surface area contributed by atoms with Crippen molar-refractivity contribution in [1.82, 2.24) is 4.90 Å². The van der Waals surface area contributed by atoms with E-state index in [1.807, 2.05) is 32.0 Å². The maximum absolute atomic E-state index is 12.5. The van der Waals surface area contributed by atoms with Gasteiger partial charge in [-0.2, -0.15) is 0 Å². The van der Waals surface area contributed by atoms with E-state index in [4.69, 9.17) is 4.74 Å². The van der Waals surface area contributed by atoms with Crippen molar-refractivity contribution in [2.24, 2.45) is 5.92 Å². The fourth-order valence-corrected chi connectivity index (χ4v) is 2.74. The van der Waals surface area contributed by atoms with E-state index in [2.05, 4.69) is 17.1 Å². The predicted molar refractivity (Wildman–Crippen MR) is 85.8 cm³/mol. The minimum Gasteiger partial charge on any atom is -0.495 e. The van der Waals surface area contributed by atoms with E-state index < -0.39 is 0 Å². The van der Waals surface area contributed by atoms with Crippen molar-refractivity contribution >= 4 is 11.6 Å². The lowest BCUT2D eigenvalue weighted by Crippen LogP contribution is -2.45. The molecule has 0 spiro atoms. The average molecular weight is 290 g/mol. The van der Waals surface area contributed by atoms with E-state index >= 15 is 0 Å². The summed E-state index contributed by atoms with van der Waals surface area (Å²) in [6, 6.07) is 5.70. The second-order valence-corrected chi connectivity index (χ2v) is 6.09. The van der Waals surface area contributed by atoms with Crippen molar-refractivity contribution in [3.05, 3.63) is 23.8 Å². The maximum Gasteiger partial charge on any atom is 0.241 e. The first-order chi connectivity index (χ1) is 10.0. The van der Waals surface area contributed by atoms with Crippen LogP contribution >= 0.6 is 0 Å². The summed E-state index contributed by atoms with van der Waals surface area (Å²) < 4.78 is 5.31. The van der Waals surface area contributed by atoms with Crippen molar-refractivity contribution in [3.8, 4) is 5.75 Å². The summed E-state index contributed by atoms with van der Waals surface area (Å²) in [4.78, 5) is 14.7. The molecule has 1 atom stereocenters. The number of rotatable bonds is 4. The number of nitrogens with zero attached hydrogens (tertiary/aromatic N) is 1. The molecule has 1 aliphatic heterocycles. The van der Waals surface area contributed by atoms with Crippen LogP contribution in [-0.2, 0) is 4.79 Å². The molecule has 1 aromatic rings. The van der Waals surface area contributed by atoms with E-state index in [0.29, 0.717) is 5.75 Å². The van der Waals surface area contributed by atoms with Gasteiger partial charge in [0.2, 0.25) is 5.91 Å². The third-order valence-corrected chi connectivity index (χ3v) is 4.36. The van der Waals surface area contributed by atoms with Crippen LogP contribution < -0.4 is 10.1 Å². The Labute approximate surface area is 127 Å². The van der Waals surface area contributed by atoms with Crippen molar-refractivity contribution in [2.45, 2.75) is 39.7 Å². The van der Waals surface area contributed by atoms with E-state index in [0.717, 1.165) is 30.3 Å². The van der Waals surface area contributed by atoms with Crippen molar-refractivity contribution < 1.29 is 9.53 Å². The first-order valence-electron chi connectivity index (χ1n) is 7.71. The Morgan fingerprint density at radius 3 is 2.67 bits per heavy atom. The Morgan fingerprint density at radius 2 is 2.05 bits per heavy atom. The van der Waals surface area contributed by atoms with Crippen LogP contribution in [0.2, 0.25) is 0 Å². The fourth-order valence-electron chi connectivity index (χ4n) is 2.74. The fraction of sp³-hybridized carbons (Fsp3) is 0.588. The molecule has 1 fully saturated rings. The van der Waals surface area contributed by atoms with Crippen LogP contribution in [0, 0.1) is 12.8 Å². The van der Waals surface area contributed by atoms with Crippen LogP contribution in [0.1, 0.15) is 32.3 Å². The summed E-state index contributed by atoms with van der Waals surface area (Å²) in [6.45, 7) is 8.26. The van der Waals surface area contributed by atoms with Gasteiger partial charge in [-0.25, -0.2) is 0 Å². The lowest BCUT2D eigenvalue weighted by atomic mass is 9.98. The minimum absolute atomic E-state index is 0.0356. The number of anilines is 1. The Morgan fingerprint density at radius 1 is 1.38 bits per heavy atom. The molecule has 116 valence electrons. The van der Waals surface area contributed by atoms with Gasteiger partial charge < -0.3 is 10.1 Å². The summed E-state index contributed by atoms with van der Waals surface area (Å²) in [7, 11) is 1.62. The van der Waals surface area contributed by atoms with Crippen molar-refractivity contribution in [1.29, 1.82) is 0 Å². The number of methoxy groups -OCH3 is 1. The quantitative estimate of drug-likeness (QED) is 0.926. The number of aryl methyl sites for hydroxylation is 1. The monoisotopic (exact) mass is 290 g/mol. The third-order valence-electron chi connectivity index (χ3n) is 4.36. The van der Waals surface area contributed by atoms with Gasteiger partial charge in [-0.15, -0.1) is 0 Å². The molecular formula is C17H26N2O2. The maximum atomic E-state index is 12.5. The molecule has 21 heavy (non-hydrogen) atoms. The van der Waals surface area contributed by atoms with Crippen LogP contribution in [-0.4, -0.2) is 37.0 Å². The van der Waals surface area contributed by atoms with Gasteiger partial charge in [-0.1, -0.05) is 13.0 Å². The summed E-state index contributed by atoms with van der Waals surface area (Å²) in [5.74, 6) is 1.51. The van der Waals surface area contributed by atoms with E-state index in [1.54, 1.807) is 7.11 Å². The topological polar surface area (TPSA) is 41.6 Å². The molecule has 4 nitrogen and oxygen atoms in total. The molecule has 1 amide bonds. The number of hydrogen-bond donors (Lipinski definition) is 1. The van der Waals surface area contributed by atoms with Crippen LogP contribution in [0.25, 0.3) is 0 Å². The molecule has 1 aliphatic rings. The molecule has 4 heteroatoms. The van der Waals surface area contributed by atoms with Gasteiger partial charge in [-0.05, 0) is 63.4 Å². The highest BCUT2D eigenvalue weighted by Crippen LogP contribution is 2.26. The number of ether oxygens (including phenoxy) is 1. The summed E-state index contributed by atoms with van der Waals surface area (Å²) in [5, 5.41) is 3.00. The molecule has 0 bridgehead atoms. The van der Waals surface area contributed by atoms with Crippen molar-refractivity contribution in [2.75, 3.05) is 25.5 Å². The molecule has 1 aromatic carbocycles. The molecule has 0 saturated carbocycles. The standard InChI is InChI=1S/C17H26N2O2/c1-12-7-9-19(10-8-12)14(3)17(20)18-15-11-13(2)5-6-16(15)21-4/h5-6,11-12,14H,7-10H2,1-4H3,(H,18,20). The number of piperidine rings is 1. The SMILES string of the molecule is COc1ccc(C)cc1NC(=O)C(C)N1CCC(C)CC1. The number of carbonyl (C=O) groups excluding carboxylic acids is 1. The number of hydrogen-bond acceptors (Lipinski definition) is 3. The third kappa shape index (κ3) is 3.97. The van der Waals surface area contributed by atoms with E-state index in [1.165, 1.54) is 12.8 Å². The van der Waals surface area contributed by atoms with E-state index in [9.17, 15) is 4.79 Å². The minimum atomic E-state index is -0.109. The van der Waals surface area contributed by atoms with Crippen LogP contribution in [0.4, 0.5) is 5.69 Å². The Balaban J connectivity index is 2.02. The zero-order valence-electron chi connectivity index (χ0n) is 13.5. The molecule has 0 radical (unpaired) electrons. The summed E-state index contributed by atoms with van der Waals surface area (Å²) >= 11 is 0. The number of likely N-dealkylation sites (tertiary alicyclic amines) is 1. The van der Waals surface area contributed by atoms with Gasteiger partial charge in [0, 0.05) is 0 Å². The first kappa shape index (κ1) is 15.8. The first-order valence-corrected chi connectivity index (χ1v) is 7.71. The highest BCUT2D eigenvalue weighted by atomic mass is 16.5.